The van der Waals surface area contributed by atoms with Gasteiger partial charge in [-0.3, -0.25) is 9.69 Å². The minimum Gasteiger partial charge on any atom is -0.487 e. The predicted octanol–water partition coefficient (Wildman–Crippen LogP) is 0.978. The van der Waals surface area contributed by atoms with E-state index in [0.717, 1.165) is 34.4 Å². The summed E-state index contributed by atoms with van der Waals surface area (Å²) in [6.45, 7) is 1.21. The Hall–Kier alpha value is -2.71. The number of hydrogen-bond acceptors (Lipinski definition) is 6. The summed E-state index contributed by atoms with van der Waals surface area (Å²) in [7, 11) is 0. The Labute approximate surface area is 174 Å². The summed E-state index contributed by atoms with van der Waals surface area (Å²) >= 11 is 0. The number of carbonyl (C=O) groups is 1. The van der Waals surface area contributed by atoms with Gasteiger partial charge in [0, 0.05) is 35.5 Å². The Balaban J connectivity index is 1.37. The zero-order valence-electron chi connectivity index (χ0n) is 16.4. The highest BCUT2D eigenvalue weighted by Crippen LogP contribution is 2.41. The number of aliphatic hydroxyl groups is 3. The van der Waals surface area contributed by atoms with E-state index in [-0.39, 0.29) is 12.5 Å². The maximum absolute atomic E-state index is 12.5. The predicted molar refractivity (Wildman–Crippen MR) is 111 cm³/mol. The summed E-state index contributed by atoms with van der Waals surface area (Å²) < 4.78 is 5.94. The molecule has 7 heteroatoms. The SMILES string of the molecule is O=C1Nc2ccccc2C1=C1OCc2cc(CCN3CC(O)C(O)C3CO)ccc21. The minimum atomic E-state index is -0.918. The van der Waals surface area contributed by atoms with E-state index in [1.165, 1.54) is 0 Å². The molecule has 1 saturated heterocycles. The monoisotopic (exact) mass is 408 g/mol. The minimum absolute atomic E-state index is 0.149. The third-order valence-corrected chi connectivity index (χ3v) is 6.24. The number of benzene rings is 2. The fourth-order valence-electron chi connectivity index (χ4n) is 4.63. The number of carbonyl (C=O) groups excluding carboxylic acids is 1. The van der Waals surface area contributed by atoms with E-state index in [2.05, 4.69) is 11.4 Å². The Morgan fingerprint density at radius 1 is 1.13 bits per heavy atom. The first kappa shape index (κ1) is 19.3. The van der Waals surface area contributed by atoms with Crippen LogP contribution < -0.4 is 5.32 Å². The Morgan fingerprint density at radius 3 is 2.80 bits per heavy atom. The van der Waals surface area contributed by atoms with Crippen LogP contribution in [0.2, 0.25) is 0 Å². The number of likely N-dealkylation sites (tertiary alicyclic amines) is 1. The largest absolute Gasteiger partial charge is 0.487 e. The van der Waals surface area contributed by atoms with Gasteiger partial charge in [0.25, 0.3) is 5.91 Å². The van der Waals surface area contributed by atoms with Crippen molar-refractivity contribution < 1.29 is 24.9 Å². The van der Waals surface area contributed by atoms with E-state index in [0.29, 0.717) is 31.0 Å². The molecule has 0 spiro atoms. The molecule has 0 bridgehead atoms. The standard InChI is InChI=1S/C23H24N2O5/c26-11-18-21(28)19(27)10-25(18)8-7-13-5-6-15-14(9-13)12-30-22(15)20-16-3-1-2-4-17(16)24-23(20)29/h1-6,9,18-19,21,26-28H,7-8,10-12H2,(H,24,29). The number of β-amino-alcohol motifs (C(OH)–C–C–N with tert-alkyl or cyclic N) is 1. The molecule has 1 amide bonds. The second kappa shape index (κ2) is 7.52. The van der Waals surface area contributed by atoms with Crippen LogP contribution in [-0.2, 0) is 22.6 Å². The van der Waals surface area contributed by atoms with Crippen LogP contribution in [-0.4, -0.2) is 64.1 Å². The number of nitrogens with one attached hydrogen (secondary N) is 1. The van der Waals surface area contributed by atoms with Crippen LogP contribution in [0, 0.1) is 0 Å². The number of aliphatic hydroxyl groups excluding tert-OH is 3. The van der Waals surface area contributed by atoms with Gasteiger partial charge in [0.15, 0.2) is 0 Å². The lowest BCUT2D eigenvalue weighted by molar-refractivity contribution is -0.110. The lowest BCUT2D eigenvalue weighted by Crippen LogP contribution is -2.39. The molecular weight excluding hydrogens is 384 g/mol. The molecule has 5 rings (SSSR count). The number of amides is 1. The summed E-state index contributed by atoms with van der Waals surface area (Å²) in [6.07, 6.45) is -1.03. The third-order valence-electron chi connectivity index (χ3n) is 6.24. The number of ether oxygens (including phenoxy) is 1. The molecule has 3 heterocycles. The molecule has 4 N–H and O–H groups in total. The van der Waals surface area contributed by atoms with E-state index in [1.807, 2.05) is 41.3 Å². The lowest BCUT2D eigenvalue weighted by Gasteiger charge is -2.23. The van der Waals surface area contributed by atoms with Crippen molar-refractivity contribution in [3.05, 3.63) is 64.7 Å². The summed E-state index contributed by atoms with van der Waals surface area (Å²) in [5, 5.41) is 32.2. The number of rotatable bonds is 4. The lowest BCUT2D eigenvalue weighted by atomic mass is 9.98. The fraction of sp³-hybridized carbons (Fsp3) is 0.348. The van der Waals surface area contributed by atoms with E-state index >= 15 is 0 Å². The van der Waals surface area contributed by atoms with Crippen LogP contribution in [0.4, 0.5) is 5.69 Å². The molecule has 0 radical (unpaired) electrons. The molecule has 0 aromatic heterocycles. The average molecular weight is 408 g/mol. The van der Waals surface area contributed by atoms with Gasteiger partial charge < -0.3 is 25.4 Å². The number of nitrogens with zero attached hydrogens (tertiary/aromatic N) is 1. The van der Waals surface area contributed by atoms with Crippen molar-refractivity contribution in [2.75, 3.05) is 25.0 Å². The molecule has 0 saturated carbocycles. The van der Waals surface area contributed by atoms with Gasteiger partial charge in [-0.05, 0) is 18.1 Å². The number of para-hydroxylation sites is 1. The second-order valence-electron chi connectivity index (χ2n) is 8.04. The van der Waals surface area contributed by atoms with Gasteiger partial charge in [-0.25, -0.2) is 0 Å². The molecule has 3 aliphatic heterocycles. The molecule has 156 valence electrons. The Bertz CT molecular complexity index is 1030. The van der Waals surface area contributed by atoms with Gasteiger partial charge in [-0.15, -0.1) is 0 Å². The van der Waals surface area contributed by atoms with Crippen molar-refractivity contribution in [3.8, 4) is 0 Å². The van der Waals surface area contributed by atoms with Crippen molar-refractivity contribution >= 4 is 22.9 Å². The molecule has 2 aromatic rings. The molecule has 7 nitrogen and oxygen atoms in total. The van der Waals surface area contributed by atoms with Crippen LogP contribution in [0.15, 0.2) is 42.5 Å². The van der Waals surface area contributed by atoms with Gasteiger partial charge >= 0.3 is 0 Å². The average Bonchev–Trinajstić information content (AvgIpc) is 3.38. The quantitative estimate of drug-likeness (QED) is 0.563. The zero-order valence-corrected chi connectivity index (χ0v) is 16.4. The first-order valence-electron chi connectivity index (χ1n) is 10.2. The number of fused-ring (bicyclic) bond motifs is 2. The molecule has 3 atom stereocenters. The summed E-state index contributed by atoms with van der Waals surface area (Å²) in [5.41, 5.74) is 5.30. The molecule has 0 aliphatic carbocycles. The topological polar surface area (TPSA) is 102 Å². The van der Waals surface area contributed by atoms with Crippen molar-refractivity contribution in [1.82, 2.24) is 4.90 Å². The van der Waals surface area contributed by atoms with Crippen molar-refractivity contribution in [2.45, 2.75) is 31.3 Å². The highest BCUT2D eigenvalue weighted by Gasteiger charge is 2.39. The summed E-state index contributed by atoms with van der Waals surface area (Å²) in [5.74, 6) is 0.467. The van der Waals surface area contributed by atoms with Gasteiger partial charge in [0.2, 0.25) is 0 Å². The fourth-order valence-corrected chi connectivity index (χ4v) is 4.63. The maximum atomic E-state index is 12.5. The van der Waals surface area contributed by atoms with Crippen LogP contribution in [0.25, 0.3) is 11.3 Å². The number of hydrogen-bond donors (Lipinski definition) is 4. The normalized spacial score (nSPS) is 27.7. The van der Waals surface area contributed by atoms with E-state index in [4.69, 9.17) is 4.74 Å². The van der Waals surface area contributed by atoms with Crippen LogP contribution in [0.5, 0.6) is 0 Å². The maximum Gasteiger partial charge on any atom is 0.260 e. The molecule has 3 aliphatic rings. The van der Waals surface area contributed by atoms with Gasteiger partial charge in [-0.2, -0.15) is 0 Å². The van der Waals surface area contributed by atoms with Gasteiger partial charge in [-0.1, -0.05) is 36.4 Å². The second-order valence-corrected chi connectivity index (χ2v) is 8.04. The Morgan fingerprint density at radius 2 is 1.97 bits per heavy atom. The van der Waals surface area contributed by atoms with Crippen LogP contribution >= 0.6 is 0 Å². The molecule has 1 fully saturated rings. The summed E-state index contributed by atoms with van der Waals surface area (Å²) in [6, 6.07) is 13.3. The van der Waals surface area contributed by atoms with E-state index in [1.54, 1.807) is 0 Å². The van der Waals surface area contributed by atoms with Crippen LogP contribution in [0.3, 0.4) is 0 Å². The highest BCUT2D eigenvalue weighted by molar-refractivity contribution is 6.36. The Kier molecular flexibility index (Phi) is 4.83. The third kappa shape index (κ3) is 3.11. The van der Waals surface area contributed by atoms with E-state index < -0.39 is 18.2 Å². The summed E-state index contributed by atoms with van der Waals surface area (Å²) in [4.78, 5) is 14.5. The highest BCUT2D eigenvalue weighted by atomic mass is 16.5. The van der Waals surface area contributed by atoms with E-state index in [9.17, 15) is 20.1 Å². The first-order valence-corrected chi connectivity index (χ1v) is 10.2. The van der Waals surface area contributed by atoms with Crippen molar-refractivity contribution in [1.29, 1.82) is 0 Å². The molecule has 30 heavy (non-hydrogen) atoms. The van der Waals surface area contributed by atoms with Gasteiger partial charge in [0.1, 0.15) is 12.4 Å². The van der Waals surface area contributed by atoms with Gasteiger partial charge in [0.05, 0.1) is 30.4 Å². The first-order chi connectivity index (χ1) is 14.6. The number of anilines is 1. The molecule has 2 aromatic carbocycles. The van der Waals surface area contributed by atoms with Crippen molar-refractivity contribution in [2.24, 2.45) is 0 Å². The zero-order chi connectivity index (χ0) is 20.8. The van der Waals surface area contributed by atoms with Crippen molar-refractivity contribution in [3.63, 3.8) is 0 Å². The smallest absolute Gasteiger partial charge is 0.260 e. The molecule has 3 unspecified atom stereocenters. The van der Waals surface area contributed by atoms with Crippen LogP contribution in [0.1, 0.15) is 22.3 Å². The molecular formula is C23H24N2O5.